The highest BCUT2D eigenvalue weighted by molar-refractivity contribution is 7.92. The molecule has 12 heteroatoms. The summed E-state index contributed by atoms with van der Waals surface area (Å²) in [7, 11) is -4.35. The first-order valence-electron chi connectivity index (χ1n) is 8.36. The number of rotatable bonds is 2. The van der Waals surface area contributed by atoms with Crippen molar-refractivity contribution in [3.8, 4) is 5.75 Å². The van der Waals surface area contributed by atoms with Gasteiger partial charge in [-0.3, -0.25) is 9.69 Å². The molecule has 0 aliphatic carbocycles. The number of phenolic OH excluding ortho intramolecular Hbond substituents is 1. The van der Waals surface area contributed by atoms with Crippen LogP contribution < -0.4 is 13.9 Å². The minimum atomic E-state index is -4.35. The zero-order valence-electron chi connectivity index (χ0n) is 15.4. The maximum Gasteiger partial charge on any atom is 0.415 e. The Kier molecular flexibility index (Phi) is 4.66. The van der Waals surface area contributed by atoms with E-state index in [-0.39, 0.29) is 17.7 Å². The topological polar surface area (TPSA) is 136 Å². The molecule has 3 N–H and O–H groups in total. The third-order valence-electron chi connectivity index (χ3n) is 4.23. The largest absolute Gasteiger partial charge is 0.506 e. The molecule has 1 fully saturated rings. The summed E-state index contributed by atoms with van der Waals surface area (Å²) < 4.78 is 46.6. The minimum Gasteiger partial charge on any atom is -0.506 e. The first-order valence-corrected chi connectivity index (χ1v) is 9.80. The van der Waals surface area contributed by atoms with Crippen LogP contribution in [-0.2, 0) is 26.2 Å². The summed E-state index contributed by atoms with van der Waals surface area (Å²) >= 11 is 0. The third kappa shape index (κ3) is 3.33. The van der Waals surface area contributed by atoms with Crippen molar-refractivity contribution in [3.05, 3.63) is 17.4 Å². The van der Waals surface area contributed by atoms with E-state index in [0.717, 1.165) is 11.0 Å². The van der Waals surface area contributed by atoms with Crippen LogP contribution in [0.2, 0.25) is 0 Å². The second-order valence-electron chi connectivity index (χ2n) is 7.48. The van der Waals surface area contributed by atoms with Gasteiger partial charge in [-0.05, 0) is 20.8 Å². The van der Waals surface area contributed by atoms with Crippen LogP contribution >= 0.6 is 0 Å². The minimum absolute atomic E-state index is 0.0390. The number of halogens is 1. The molecule has 0 spiro atoms. The number of hydrogen-bond donors (Lipinski definition) is 3. The average molecular weight is 417 g/mol. The SMILES string of the molecule is CC(C)(C)OC(=O)N1c2cc(O)c(N3CC(=O)NS3(=O)=O)c(F)c2C[C@@H]1CO. The molecule has 1 saturated heterocycles. The second-order valence-corrected chi connectivity index (χ2v) is 9.08. The van der Waals surface area contributed by atoms with Crippen LogP contribution in [0.3, 0.4) is 0 Å². The number of hydrogen-bond acceptors (Lipinski definition) is 7. The number of aromatic hydroxyl groups is 1. The van der Waals surface area contributed by atoms with Gasteiger partial charge < -0.3 is 14.9 Å². The van der Waals surface area contributed by atoms with Crippen molar-refractivity contribution < 1.29 is 37.3 Å². The lowest BCUT2D eigenvalue weighted by Crippen LogP contribution is -2.43. The average Bonchev–Trinajstić information content (AvgIpc) is 3.02. The maximum atomic E-state index is 15.2. The van der Waals surface area contributed by atoms with E-state index in [9.17, 15) is 28.2 Å². The number of ether oxygens (including phenoxy) is 1. The predicted octanol–water partition coefficient (Wildman–Crippen LogP) is 0.371. The number of phenols is 1. The number of nitrogens with one attached hydrogen (secondary N) is 1. The summed E-state index contributed by atoms with van der Waals surface area (Å²) in [5.74, 6) is -2.74. The van der Waals surface area contributed by atoms with Gasteiger partial charge in [0.05, 0.1) is 18.3 Å². The lowest BCUT2D eigenvalue weighted by molar-refractivity contribution is -0.117. The fraction of sp³-hybridized carbons (Fsp3) is 0.500. The fourth-order valence-corrected chi connectivity index (χ4v) is 4.34. The highest BCUT2D eigenvalue weighted by atomic mass is 32.2. The van der Waals surface area contributed by atoms with Crippen molar-refractivity contribution in [1.82, 2.24) is 4.72 Å². The van der Waals surface area contributed by atoms with E-state index in [1.807, 2.05) is 0 Å². The molecule has 0 saturated carbocycles. The van der Waals surface area contributed by atoms with Gasteiger partial charge in [0, 0.05) is 18.1 Å². The van der Waals surface area contributed by atoms with Crippen molar-refractivity contribution in [1.29, 1.82) is 0 Å². The number of amides is 2. The van der Waals surface area contributed by atoms with Gasteiger partial charge in [-0.1, -0.05) is 0 Å². The van der Waals surface area contributed by atoms with Crippen LogP contribution in [-0.4, -0.2) is 55.4 Å². The van der Waals surface area contributed by atoms with E-state index in [2.05, 4.69) is 0 Å². The van der Waals surface area contributed by atoms with E-state index in [0.29, 0.717) is 4.31 Å². The van der Waals surface area contributed by atoms with E-state index in [4.69, 9.17) is 4.74 Å². The van der Waals surface area contributed by atoms with Crippen LogP contribution in [0.5, 0.6) is 5.75 Å². The number of aliphatic hydroxyl groups excluding tert-OH is 1. The van der Waals surface area contributed by atoms with Crippen molar-refractivity contribution in [3.63, 3.8) is 0 Å². The van der Waals surface area contributed by atoms with Gasteiger partial charge in [-0.25, -0.2) is 18.2 Å². The molecule has 3 rings (SSSR count). The molecule has 2 aliphatic heterocycles. The van der Waals surface area contributed by atoms with E-state index in [1.54, 1.807) is 25.5 Å². The van der Waals surface area contributed by atoms with Gasteiger partial charge in [-0.15, -0.1) is 0 Å². The highest BCUT2D eigenvalue weighted by Gasteiger charge is 2.43. The number of carbonyl (C=O) groups excluding carboxylic acids is 2. The number of carbonyl (C=O) groups is 2. The summed E-state index contributed by atoms with van der Waals surface area (Å²) in [5.41, 5.74) is -1.66. The Hall–Kier alpha value is -2.60. The fourth-order valence-electron chi connectivity index (χ4n) is 3.17. The van der Waals surface area contributed by atoms with Crippen LogP contribution in [0.15, 0.2) is 6.07 Å². The predicted molar refractivity (Wildman–Crippen MR) is 95.8 cm³/mol. The van der Waals surface area contributed by atoms with Crippen molar-refractivity contribution >= 4 is 33.6 Å². The van der Waals surface area contributed by atoms with Gasteiger partial charge >= 0.3 is 16.3 Å². The maximum absolute atomic E-state index is 15.2. The molecule has 0 bridgehead atoms. The first kappa shape index (κ1) is 20.1. The third-order valence-corrected chi connectivity index (χ3v) is 5.61. The molecular formula is C16H20FN3O7S. The number of anilines is 2. The summed E-state index contributed by atoms with van der Waals surface area (Å²) in [5, 5.41) is 19.9. The van der Waals surface area contributed by atoms with E-state index in [1.165, 1.54) is 0 Å². The van der Waals surface area contributed by atoms with Gasteiger partial charge in [0.25, 0.3) is 5.91 Å². The van der Waals surface area contributed by atoms with Crippen LogP contribution in [0.4, 0.5) is 20.6 Å². The zero-order chi connectivity index (χ0) is 21.0. The van der Waals surface area contributed by atoms with Crippen molar-refractivity contribution in [2.75, 3.05) is 22.4 Å². The van der Waals surface area contributed by atoms with Crippen molar-refractivity contribution in [2.24, 2.45) is 0 Å². The molecule has 1 aromatic carbocycles. The number of benzene rings is 1. The van der Waals surface area contributed by atoms with Gasteiger partial charge in [-0.2, -0.15) is 8.42 Å². The normalized spacial score (nSPS) is 20.9. The molecule has 10 nitrogen and oxygen atoms in total. The Morgan fingerprint density at radius 1 is 1.43 bits per heavy atom. The summed E-state index contributed by atoms with van der Waals surface area (Å²) in [4.78, 5) is 25.0. The standard InChI is InChI=1S/C16H20FN3O7S/c1-16(2,3)27-15(24)20-8(7-21)4-9-10(20)5-11(22)14(13(9)17)19-6-12(23)18-28(19,25)26/h5,8,21-22H,4,6-7H2,1-3H3,(H,18,23)/t8-/m1/s1. The quantitative estimate of drug-likeness (QED) is 0.632. The Morgan fingerprint density at radius 3 is 2.57 bits per heavy atom. The Bertz CT molecular complexity index is 958. The van der Waals surface area contributed by atoms with Gasteiger partial charge in [0.2, 0.25) is 0 Å². The molecule has 28 heavy (non-hydrogen) atoms. The lowest BCUT2D eigenvalue weighted by Gasteiger charge is -2.28. The zero-order valence-corrected chi connectivity index (χ0v) is 16.2. The molecular weight excluding hydrogens is 397 g/mol. The molecule has 1 atom stereocenters. The molecule has 2 heterocycles. The molecule has 0 unspecified atom stereocenters. The van der Waals surface area contributed by atoms with Gasteiger partial charge in [0.1, 0.15) is 23.6 Å². The summed E-state index contributed by atoms with van der Waals surface area (Å²) in [6, 6.07) is 0.162. The Morgan fingerprint density at radius 2 is 2.07 bits per heavy atom. The number of aliphatic hydroxyl groups is 1. The van der Waals surface area contributed by atoms with Gasteiger partial charge in [0.15, 0.2) is 5.82 Å². The highest BCUT2D eigenvalue weighted by Crippen LogP contribution is 2.44. The summed E-state index contributed by atoms with van der Waals surface area (Å²) in [6.07, 6.45) is -0.970. The molecule has 154 valence electrons. The monoisotopic (exact) mass is 417 g/mol. The molecule has 2 amide bonds. The number of nitrogens with zero attached hydrogens (tertiary/aromatic N) is 2. The smallest absolute Gasteiger partial charge is 0.415 e. The second kappa shape index (κ2) is 6.48. The van der Waals surface area contributed by atoms with Crippen molar-refractivity contribution in [2.45, 2.75) is 38.8 Å². The van der Waals surface area contributed by atoms with Crippen LogP contribution in [0, 0.1) is 5.82 Å². The lowest BCUT2D eigenvalue weighted by atomic mass is 10.1. The Labute approximate surface area is 160 Å². The first-order chi connectivity index (χ1) is 12.9. The summed E-state index contributed by atoms with van der Waals surface area (Å²) in [6.45, 7) is 3.72. The molecule has 0 radical (unpaired) electrons. The van der Waals surface area contributed by atoms with Crippen LogP contribution in [0.25, 0.3) is 0 Å². The molecule has 2 aliphatic rings. The van der Waals surface area contributed by atoms with E-state index >= 15 is 4.39 Å². The van der Waals surface area contributed by atoms with Crippen LogP contribution in [0.1, 0.15) is 26.3 Å². The molecule has 0 aromatic heterocycles. The number of fused-ring (bicyclic) bond motifs is 1. The van der Waals surface area contributed by atoms with E-state index < -0.39 is 64.3 Å². The Balaban J connectivity index is 2.09. The molecule has 1 aromatic rings.